The van der Waals surface area contributed by atoms with Gasteiger partial charge in [0.05, 0.1) is 23.8 Å². The second kappa shape index (κ2) is 6.07. The van der Waals surface area contributed by atoms with E-state index in [0.29, 0.717) is 11.3 Å². The maximum atomic E-state index is 12.2. The van der Waals surface area contributed by atoms with E-state index in [-0.39, 0.29) is 23.1 Å². The highest BCUT2D eigenvalue weighted by Gasteiger charge is 2.20. The van der Waals surface area contributed by atoms with Gasteiger partial charge in [-0.2, -0.15) is 0 Å². The van der Waals surface area contributed by atoms with Crippen LogP contribution in [0, 0.1) is 0 Å². The Morgan fingerprint density at radius 3 is 2.79 bits per heavy atom. The highest BCUT2D eigenvalue weighted by atomic mass is 16.5. The van der Waals surface area contributed by atoms with E-state index in [1.807, 2.05) is 0 Å². The molecule has 0 radical (unpaired) electrons. The summed E-state index contributed by atoms with van der Waals surface area (Å²) in [5.74, 6) is -0.681. The highest BCUT2D eigenvalue weighted by Crippen LogP contribution is 2.22. The molecule has 0 aromatic carbocycles. The summed E-state index contributed by atoms with van der Waals surface area (Å²) in [5, 5.41) is 0.0240. The fourth-order valence-corrected chi connectivity index (χ4v) is 2.50. The number of H-pyrrole nitrogens is 1. The van der Waals surface area contributed by atoms with Gasteiger partial charge in [-0.25, -0.2) is 14.6 Å². The molecule has 0 atom stereocenters. The van der Waals surface area contributed by atoms with Crippen LogP contribution in [-0.2, 0) is 11.3 Å². The van der Waals surface area contributed by atoms with Crippen molar-refractivity contribution in [2.75, 3.05) is 7.11 Å². The second-order valence-corrected chi connectivity index (χ2v) is 4.99. The number of fused-ring (bicyclic) bond motifs is 1. The van der Waals surface area contributed by atoms with Crippen molar-refractivity contribution in [1.82, 2.24) is 19.5 Å². The smallest absolute Gasteiger partial charge is 0.338 e. The van der Waals surface area contributed by atoms with Gasteiger partial charge < -0.3 is 4.74 Å². The predicted molar refractivity (Wildman–Crippen MR) is 86.9 cm³/mol. The number of methoxy groups -OCH3 is 1. The number of aryl methyl sites for hydroxylation is 1. The second-order valence-electron chi connectivity index (χ2n) is 4.99. The lowest BCUT2D eigenvalue weighted by Gasteiger charge is -2.11. The van der Waals surface area contributed by atoms with E-state index in [1.54, 1.807) is 31.5 Å². The van der Waals surface area contributed by atoms with Crippen molar-refractivity contribution in [3.8, 4) is 11.3 Å². The lowest BCUT2D eigenvalue weighted by atomic mass is 10.1. The first-order valence-corrected chi connectivity index (χ1v) is 7.23. The van der Waals surface area contributed by atoms with Gasteiger partial charge in [0, 0.05) is 24.5 Å². The van der Waals surface area contributed by atoms with Gasteiger partial charge in [-0.1, -0.05) is 0 Å². The van der Waals surface area contributed by atoms with Crippen molar-refractivity contribution >= 4 is 17.0 Å². The number of pyridine rings is 2. The Bertz CT molecular complexity index is 1040. The third kappa shape index (κ3) is 2.47. The molecule has 8 nitrogen and oxygen atoms in total. The third-order valence-electron chi connectivity index (χ3n) is 3.63. The van der Waals surface area contributed by atoms with E-state index in [4.69, 9.17) is 4.74 Å². The largest absolute Gasteiger partial charge is 0.465 e. The topological polar surface area (TPSA) is 107 Å². The number of hydrogen-bond donors (Lipinski definition) is 1. The SMILES string of the molecule is CCn1c(=O)[nH]c(=O)c2c(C(=O)OC)cc(-c3cccnc3)nc21. The molecule has 122 valence electrons. The van der Waals surface area contributed by atoms with Crippen LogP contribution in [0.5, 0.6) is 0 Å². The molecule has 8 heteroatoms. The van der Waals surface area contributed by atoms with Crippen LogP contribution in [0.25, 0.3) is 22.3 Å². The molecular weight excluding hydrogens is 312 g/mol. The summed E-state index contributed by atoms with van der Waals surface area (Å²) in [6, 6.07) is 4.96. The zero-order valence-corrected chi connectivity index (χ0v) is 13.1. The molecule has 0 saturated carbocycles. The molecule has 0 saturated heterocycles. The Morgan fingerprint density at radius 1 is 1.38 bits per heavy atom. The number of nitrogens with one attached hydrogen (secondary N) is 1. The first-order chi connectivity index (χ1) is 11.6. The fourth-order valence-electron chi connectivity index (χ4n) is 2.50. The highest BCUT2D eigenvalue weighted by molar-refractivity contribution is 6.03. The van der Waals surface area contributed by atoms with Crippen molar-refractivity contribution in [3.63, 3.8) is 0 Å². The maximum absolute atomic E-state index is 12.2. The number of carbonyl (C=O) groups is 1. The fraction of sp³-hybridized carbons (Fsp3) is 0.188. The molecule has 3 aromatic heterocycles. The Kier molecular flexibility index (Phi) is 3.95. The molecule has 0 bridgehead atoms. The Morgan fingerprint density at radius 2 is 2.17 bits per heavy atom. The number of nitrogens with zero attached hydrogens (tertiary/aromatic N) is 3. The van der Waals surface area contributed by atoms with Gasteiger partial charge in [0.15, 0.2) is 5.65 Å². The van der Waals surface area contributed by atoms with Crippen molar-refractivity contribution in [2.45, 2.75) is 13.5 Å². The number of esters is 1. The minimum atomic E-state index is -0.681. The van der Waals surface area contributed by atoms with Crippen LogP contribution in [0.3, 0.4) is 0 Å². The number of aromatic amines is 1. The zero-order chi connectivity index (χ0) is 17.3. The van der Waals surface area contributed by atoms with Gasteiger partial charge in [0.2, 0.25) is 0 Å². The van der Waals surface area contributed by atoms with Gasteiger partial charge in [-0.05, 0) is 25.1 Å². The standard InChI is InChI=1S/C16H14N4O4/c1-3-20-13-12(14(21)19-16(20)23)10(15(22)24-2)7-11(18-13)9-5-4-6-17-8-9/h4-8H,3H2,1-2H3,(H,19,21,23). The number of ether oxygens (including phenoxy) is 1. The Labute approximate surface area is 135 Å². The molecule has 3 rings (SSSR count). The molecular formula is C16H14N4O4. The average molecular weight is 326 g/mol. The van der Waals surface area contributed by atoms with E-state index in [9.17, 15) is 14.4 Å². The van der Waals surface area contributed by atoms with E-state index < -0.39 is 17.2 Å². The Hall–Kier alpha value is -3.29. The molecule has 0 amide bonds. The van der Waals surface area contributed by atoms with Crippen LogP contribution in [0.4, 0.5) is 0 Å². The number of aromatic nitrogens is 4. The first-order valence-electron chi connectivity index (χ1n) is 7.23. The number of rotatable bonds is 3. The van der Waals surface area contributed by atoms with E-state index >= 15 is 0 Å². The quantitative estimate of drug-likeness (QED) is 0.718. The molecule has 0 aliphatic carbocycles. The molecule has 1 N–H and O–H groups in total. The summed E-state index contributed by atoms with van der Waals surface area (Å²) in [7, 11) is 1.22. The summed E-state index contributed by atoms with van der Waals surface area (Å²) < 4.78 is 6.07. The van der Waals surface area contributed by atoms with E-state index in [2.05, 4.69) is 15.0 Å². The van der Waals surface area contributed by atoms with Crippen LogP contribution in [0.15, 0.2) is 40.2 Å². The predicted octanol–water partition coefficient (Wildman–Crippen LogP) is 0.953. The lowest BCUT2D eigenvalue weighted by molar-refractivity contribution is 0.0603. The first kappa shape index (κ1) is 15.6. The molecule has 0 aliphatic rings. The van der Waals surface area contributed by atoms with Gasteiger partial charge in [-0.15, -0.1) is 0 Å². The van der Waals surface area contributed by atoms with Crippen LogP contribution in [-0.4, -0.2) is 32.6 Å². The average Bonchev–Trinajstić information content (AvgIpc) is 2.61. The van der Waals surface area contributed by atoms with Gasteiger partial charge in [0.1, 0.15) is 0 Å². The normalized spacial score (nSPS) is 10.8. The number of hydrogen-bond acceptors (Lipinski definition) is 6. The van der Waals surface area contributed by atoms with Crippen LogP contribution >= 0.6 is 0 Å². The summed E-state index contributed by atoms with van der Waals surface area (Å²) in [5.41, 5.74) is -0.00654. The summed E-state index contributed by atoms with van der Waals surface area (Å²) in [6.07, 6.45) is 3.19. The monoisotopic (exact) mass is 326 g/mol. The summed E-state index contributed by atoms with van der Waals surface area (Å²) >= 11 is 0. The van der Waals surface area contributed by atoms with Crippen molar-refractivity contribution in [2.24, 2.45) is 0 Å². The van der Waals surface area contributed by atoms with Crippen molar-refractivity contribution in [3.05, 3.63) is 57.0 Å². The molecule has 0 spiro atoms. The molecule has 0 fully saturated rings. The van der Waals surface area contributed by atoms with Gasteiger partial charge in [-0.3, -0.25) is 19.3 Å². The maximum Gasteiger partial charge on any atom is 0.338 e. The Balaban J connectivity index is 2.49. The van der Waals surface area contributed by atoms with Gasteiger partial charge in [0.25, 0.3) is 5.56 Å². The minimum absolute atomic E-state index is 0.0240. The molecule has 0 aliphatic heterocycles. The van der Waals surface area contributed by atoms with Crippen LogP contribution in [0.1, 0.15) is 17.3 Å². The minimum Gasteiger partial charge on any atom is -0.465 e. The van der Waals surface area contributed by atoms with Gasteiger partial charge >= 0.3 is 11.7 Å². The lowest BCUT2D eigenvalue weighted by Crippen LogP contribution is -2.31. The molecule has 24 heavy (non-hydrogen) atoms. The van der Waals surface area contributed by atoms with Crippen LogP contribution < -0.4 is 11.2 Å². The van der Waals surface area contributed by atoms with Crippen molar-refractivity contribution < 1.29 is 9.53 Å². The number of carbonyl (C=O) groups excluding carboxylic acids is 1. The van der Waals surface area contributed by atoms with Crippen molar-refractivity contribution in [1.29, 1.82) is 0 Å². The van der Waals surface area contributed by atoms with E-state index in [1.165, 1.54) is 17.7 Å². The van der Waals surface area contributed by atoms with E-state index in [0.717, 1.165) is 0 Å². The third-order valence-corrected chi connectivity index (χ3v) is 3.63. The summed E-state index contributed by atoms with van der Waals surface area (Å²) in [4.78, 5) is 47.0. The summed E-state index contributed by atoms with van der Waals surface area (Å²) in [6.45, 7) is 2.03. The molecule has 3 aromatic rings. The molecule has 0 unspecified atom stereocenters. The molecule has 3 heterocycles. The zero-order valence-electron chi connectivity index (χ0n) is 13.1. The van der Waals surface area contributed by atoms with Crippen LogP contribution in [0.2, 0.25) is 0 Å².